The summed E-state index contributed by atoms with van der Waals surface area (Å²) in [5.41, 5.74) is -0.367. The van der Waals surface area contributed by atoms with Gasteiger partial charge in [0.25, 0.3) is 21.2 Å². The summed E-state index contributed by atoms with van der Waals surface area (Å²) in [6.07, 6.45) is -2.00. The Morgan fingerprint density at radius 3 is 2.43 bits per heavy atom. The fourth-order valence-corrected chi connectivity index (χ4v) is 5.08. The number of carbonyl (C=O) groups is 2. The first-order valence-corrected chi connectivity index (χ1v) is 10.6. The Morgan fingerprint density at radius 1 is 1.03 bits per heavy atom. The lowest BCUT2D eigenvalue weighted by atomic mass is 10.1. The summed E-state index contributed by atoms with van der Waals surface area (Å²) in [5.74, 6) is -0.557. The van der Waals surface area contributed by atoms with E-state index < -0.39 is 37.8 Å². The Hall–Kier alpha value is -3.05. The van der Waals surface area contributed by atoms with Gasteiger partial charge in [0, 0.05) is 11.6 Å². The minimum Gasteiger partial charge on any atom is -0.282 e. The Kier molecular flexibility index (Phi) is 4.74. The van der Waals surface area contributed by atoms with Crippen molar-refractivity contribution in [1.82, 2.24) is 9.29 Å². The van der Waals surface area contributed by atoms with Crippen LogP contribution in [0.1, 0.15) is 11.1 Å². The zero-order valence-electron chi connectivity index (χ0n) is 14.8. The lowest BCUT2D eigenvalue weighted by Gasteiger charge is -2.11. The molecule has 1 fully saturated rings. The standard InChI is InChI=1S/C19H11F3N2O4S2/c20-19(21,22)12-4-2-5-13(10-12)30(27,28)24-8-7-14-11(3-1-6-15(14)24)9-16-17(25)23-18(26)29-16/h1-10H,(H,23,25,26)/b16-9-. The molecule has 2 heterocycles. The van der Waals surface area contributed by atoms with Gasteiger partial charge in [-0.2, -0.15) is 13.2 Å². The summed E-state index contributed by atoms with van der Waals surface area (Å²) in [4.78, 5) is 22.8. The maximum atomic E-state index is 13.0. The number of imide groups is 1. The van der Waals surface area contributed by atoms with Crippen LogP contribution in [0.15, 0.2) is 64.5 Å². The SMILES string of the molecule is O=C1NC(=O)/C(=C/c2cccc3c2ccn3S(=O)(=O)c2cccc(C(F)(F)F)c2)S1. The zero-order chi connectivity index (χ0) is 21.7. The Morgan fingerprint density at radius 2 is 1.77 bits per heavy atom. The molecule has 2 aromatic carbocycles. The maximum Gasteiger partial charge on any atom is 0.416 e. The number of amides is 2. The second-order valence-corrected chi connectivity index (χ2v) is 9.10. The van der Waals surface area contributed by atoms with Crippen LogP contribution in [0, 0.1) is 0 Å². The largest absolute Gasteiger partial charge is 0.416 e. The summed E-state index contributed by atoms with van der Waals surface area (Å²) >= 11 is 0.720. The summed E-state index contributed by atoms with van der Waals surface area (Å²) < 4.78 is 65.9. The molecule has 0 spiro atoms. The van der Waals surface area contributed by atoms with E-state index in [4.69, 9.17) is 0 Å². The molecule has 1 aliphatic heterocycles. The number of fused-ring (bicyclic) bond motifs is 1. The van der Waals surface area contributed by atoms with Crippen LogP contribution in [-0.2, 0) is 21.0 Å². The molecule has 6 nitrogen and oxygen atoms in total. The number of alkyl halides is 3. The lowest BCUT2D eigenvalue weighted by Crippen LogP contribution is -2.17. The average molecular weight is 452 g/mol. The normalized spacial score (nSPS) is 16.4. The van der Waals surface area contributed by atoms with Crippen LogP contribution < -0.4 is 5.32 Å². The van der Waals surface area contributed by atoms with Gasteiger partial charge in [-0.05, 0) is 53.7 Å². The third kappa shape index (κ3) is 3.50. The van der Waals surface area contributed by atoms with Gasteiger partial charge in [0.2, 0.25) is 0 Å². The molecule has 0 radical (unpaired) electrons. The van der Waals surface area contributed by atoms with Crippen molar-refractivity contribution in [2.45, 2.75) is 11.1 Å². The van der Waals surface area contributed by atoms with Gasteiger partial charge in [0.15, 0.2) is 0 Å². The number of aromatic nitrogens is 1. The predicted octanol–water partition coefficient (Wildman–Crippen LogP) is 4.22. The number of benzene rings is 2. The first kappa shape index (κ1) is 20.2. The van der Waals surface area contributed by atoms with Crippen LogP contribution in [0.4, 0.5) is 18.0 Å². The molecular weight excluding hydrogens is 441 g/mol. The molecule has 0 saturated carbocycles. The maximum absolute atomic E-state index is 13.0. The van der Waals surface area contributed by atoms with Crippen molar-refractivity contribution in [2.24, 2.45) is 0 Å². The summed E-state index contributed by atoms with van der Waals surface area (Å²) in [5, 5.41) is 2.07. The molecule has 11 heteroatoms. The Balaban J connectivity index is 1.83. The van der Waals surface area contributed by atoms with Crippen molar-refractivity contribution in [2.75, 3.05) is 0 Å². The number of halogens is 3. The molecule has 30 heavy (non-hydrogen) atoms. The number of nitrogens with zero attached hydrogens (tertiary/aromatic N) is 1. The van der Waals surface area contributed by atoms with Gasteiger partial charge in [-0.1, -0.05) is 18.2 Å². The molecule has 1 saturated heterocycles. The third-order valence-electron chi connectivity index (χ3n) is 4.38. The van der Waals surface area contributed by atoms with Gasteiger partial charge in [-0.25, -0.2) is 12.4 Å². The van der Waals surface area contributed by atoms with Crippen LogP contribution in [-0.4, -0.2) is 23.5 Å². The second-order valence-electron chi connectivity index (χ2n) is 6.27. The smallest absolute Gasteiger partial charge is 0.282 e. The molecule has 2 amide bonds. The average Bonchev–Trinajstić information content (AvgIpc) is 3.25. The van der Waals surface area contributed by atoms with E-state index in [-0.39, 0.29) is 10.4 Å². The number of rotatable bonds is 3. The highest BCUT2D eigenvalue weighted by Crippen LogP contribution is 2.33. The molecule has 0 bridgehead atoms. The van der Waals surface area contributed by atoms with Crippen molar-refractivity contribution < 1.29 is 31.2 Å². The molecule has 1 aromatic heterocycles. The van der Waals surface area contributed by atoms with Crippen molar-refractivity contribution in [3.05, 3.63) is 70.8 Å². The van der Waals surface area contributed by atoms with Crippen LogP contribution in [0.25, 0.3) is 17.0 Å². The lowest BCUT2D eigenvalue weighted by molar-refractivity contribution is -0.137. The minimum absolute atomic E-state index is 0.154. The van der Waals surface area contributed by atoms with Crippen LogP contribution >= 0.6 is 11.8 Å². The van der Waals surface area contributed by atoms with Crippen LogP contribution in [0.3, 0.4) is 0 Å². The number of nitrogens with one attached hydrogen (secondary N) is 1. The van der Waals surface area contributed by atoms with Crippen molar-refractivity contribution >= 4 is 49.9 Å². The van der Waals surface area contributed by atoms with Gasteiger partial charge < -0.3 is 0 Å². The first-order chi connectivity index (χ1) is 14.1. The first-order valence-electron chi connectivity index (χ1n) is 8.35. The van der Waals surface area contributed by atoms with Crippen molar-refractivity contribution in [3.8, 4) is 0 Å². The van der Waals surface area contributed by atoms with Gasteiger partial charge in [0.1, 0.15) is 0 Å². The van der Waals surface area contributed by atoms with E-state index in [2.05, 4.69) is 5.32 Å². The van der Waals surface area contributed by atoms with Gasteiger partial charge in [-0.15, -0.1) is 0 Å². The van der Waals surface area contributed by atoms with E-state index in [0.29, 0.717) is 17.0 Å². The number of hydrogen-bond donors (Lipinski definition) is 1. The number of carbonyl (C=O) groups excluding carboxylic acids is 2. The topological polar surface area (TPSA) is 85.2 Å². The monoisotopic (exact) mass is 452 g/mol. The van der Waals surface area contributed by atoms with Gasteiger partial charge >= 0.3 is 6.18 Å². The fourth-order valence-electron chi connectivity index (χ4n) is 3.01. The molecule has 3 aromatic rings. The molecule has 0 atom stereocenters. The molecule has 0 aliphatic carbocycles. The second kappa shape index (κ2) is 7.03. The van der Waals surface area contributed by atoms with Gasteiger partial charge in [-0.3, -0.25) is 14.9 Å². The number of hydrogen-bond acceptors (Lipinski definition) is 5. The highest BCUT2D eigenvalue weighted by atomic mass is 32.2. The molecule has 4 rings (SSSR count). The quantitative estimate of drug-likeness (QED) is 0.602. The van der Waals surface area contributed by atoms with E-state index in [1.165, 1.54) is 24.4 Å². The summed E-state index contributed by atoms with van der Waals surface area (Å²) in [6, 6.07) is 9.65. The fraction of sp³-hybridized carbons (Fsp3) is 0.0526. The third-order valence-corrected chi connectivity index (χ3v) is 6.87. The van der Waals surface area contributed by atoms with E-state index >= 15 is 0 Å². The summed E-state index contributed by atoms with van der Waals surface area (Å²) in [7, 11) is -4.31. The van der Waals surface area contributed by atoms with Crippen molar-refractivity contribution in [1.29, 1.82) is 0 Å². The van der Waals surface area contributed by atoms with E-state index in [1.807, 2.05) is 0 Å². The molecule has 1 aliphatic rings. The molecule has 1 N–H and O–H groups in total. The van der Waals surface area contributed by atoms with Gasteiger partial charge in [0.05, 0.1) is 20.9 Å². The molecule has 0 unspecified atom stereocenters. The van der Waals surface area contributed by atoms with Crippen molar-refractivity contribution in [3.63, 3.8) is 0 Å². The summed E-state index contributed by atoms with van der Waals surface area (Å²) in [6.45, 7) is 0. The van der Waals surface area contributed by atoms with E-state index in [9.17, 15) is 31.2 Å². The highest BCUT2D eigenvalue weighted by molar-refractivity contribution is 8.18. The van der Waals surface area contributed by atoms with E-state index in [1.54, 1.807) is 12.1 Å². The Labute approximate surface area is 172 Å². The Bertz CT molecular complexity index is 1340. The predicted molar refractivity (Wildman–Crippen MR) is 105 cm³/mol. The highest BCUT2D eigenvalue weighted by Gasteiger charge is 2.32. The van der Waals surface area contributed by atoms with E-state index in [0.717, 1.165) is 33.9 Å². The molecular formula is C19H11F3N2O4S2. The molecule has 154 valence electrons. The zero-order valence-corrected chi connectivity index (χ0v) is 16.4. The van der Waals surface area contributed by atoms with Crippen LogP contribution in [0.5, 0.6) is 0 Å². The number of thioether (sulfide) groups is 1. The van der Waals surface area contributed by atoms with Crippen LogP contribution in [0.2, 0.25) is 0 Å². The minimum atomic E-state index is -4.68.